The molecule has 1 aromatic carbocycles. The first kappa shape index (κ1) is 21.4. The number of nitrogens with one attached hydrogen (secondary N) is 2. The lowest BCUT2D eigenvalue weighted by atomic mass is 9.88. The molecular formula is C22H29N3O6. The Balaban J connectivity index is 1.42. The molecule has 0 unspecified atom stereocenters. The summed E-state index contributed by atoms with van der Waals surface area (Å²) in [5.41, 5.74) is 0.403. The van der Waals surface area contributed by atoms with Crippen LogP contribution >= 0.6 is 0 Å². The third-order valence-electron chi connectivity index (χ3n) is 6.06. The third kappa shape index (κ3) is 5.10. The molecule has 9 heteroatoms. The predicted molar refractivity (Wildman–Crippen MR) is 111 cm³/mol. The van der Waals surface area contributed by atoms with E-state index in [0.717, 1.165) is 12.8 Å². The first-order valence-corrected chi connectivity index (χ1v) is 10.8. The summed E-state index contributed by atoms with van der Waals surface area (Å²) < 4.78 is 15.6. The van der Waals surface area contributed by atoms with Gasteiger partial charge in [-0.25, -0.2) is 0 Å². The monoisotopic (exact) mass is 431 g/mol. The number of amides is 3. The first-order valence-electron chi connectivity index (χ1n) is 10.8. The number of fused-ring (bicyclic) bond motifs is 1. The highest BCUT2D eigenvalue weighted by molar-refractivity contribution is 5.98. The number of methoxy groups -OCH3 is 1. The number of ether oxygens (including phenoxy) is 3. The van der Waals surface area contributed by atoms with Crippen molar-refractivity contribution in [2.75, 3.05) is 40.1 Å². The molecule has 1 aromatic rings. The maximum Gasteiger partial charge on any atom is 0.252 e. The molecule has 31 heavy (non-hydrogen) atoms. The molecule has 0 spiro atoms. The average Bonchev–Trinajstić information content (AvgIpc) is 3.53. The molecule has 2 aliphatic heterocycles. The van der Waals surface area contributed by atoms with Gasteiger partial charge in [-0.1, -0.05) is 0 Å². The molecule has 1 saturated heterocycles. The lowest BCUT2D eigenvalue weighted by Gasteiger charge is -2.36. The Hall–Kier alpha value is -2.81. The van der Waals surface area contributed by atoms with E-state index >= 15 is 0 Å². The maximum atomic E-state index is 12.9. The normalized spacial score (nSPS) is 19.1. The van der Waals surface area contributed by atoms with Crippen molar-refractivity contribution in [1.29, 1.82) is 0 Å². The fourth-order valence-corrected chi connectivity index (χ4v) is 4.09. The molecule has 1 saturated carbocycles. The molecule has 168 valence electrons. The Morgan fingerprint density at radius 2 is 1.87 bits per heavy atom. The fraction of sp³-hybridized carbons (Fsp3) is 0.591. The van der Waals surface area contributed by atoms with Gasteiger partial charge in [-0.2, -0.15) is 0 Å². The van der Waals surface area contributed by atoms with Crippen LogP contribution in [0.15, 0.2) is 18.2 Å². The van der Waals surface area contributed by atoms with Gasteiger partial charge in [-0.15, -0.1) is 0 Å². The van der Waals surface area contributed by atoms with Gasteiger partial charge in [0, 0.05) is 38.2 Å². The van der Waals surface area contributed by atoms with Gasteiger partial charge in [0.1, 0.15) is 6.04 Å². The number of carbonyl (C=O) groups excluding carboxylic acids is 3. The van der Waals surface area contributed by atoms with Crippen LogP contribution in [-0.4, -0.2) is 68.8 Å². The predicted octanol–water partition coefficient (Wildman–Crippen LogP) is 0.925. The molecule has 0 radical (unpaired) electrons. The summed E-state index contributed by atoms with van der Waals surface area (Å²) in [4.78, 5) is 40.1. The summed E-state index contributed by atoms with van der Waals surface area (Å²) in [6.07, 6.45) is 3.30. The number of carbonyl (C=O) groups is 3. The quantitative estimate of drug-likeness (QED) is 0.593. The molecule has 3 aliphatic rings. The number of hydrogen-bond donors (Lipinski definition) is 2. The standard InChI is InChI=1S/C22H29N3O6/c1-29-11-8-23-21(27)19(14-6-9-25(10-7-14)22(28)15-2-3-15)24-20(26)16-4-5-17-18(12-16)31-13-30-17/h4-5,12,14-15,19H,2-3,6-11,13H2,1H3,(H,23,27)(H,24,26)/t19-/m1/s1. The summed E-state index contributed by atoms with van der Waals surface area (Å²) in [5.74, 6) is 0.890. The molecule has 1 atom stereocenters. The van der Waals surface area contributed by atoms with E-state index in [1.165, 1.54) is 0 Å². The minimum Gasteiger partial charge on any atom is -0.454 e. The van der Waals surface area contributed by atoms with Crippen LogP contribution in [0.5, 0.6) is 11.5 Å². The zero-order valence-electron chi connectivity index (χ0n) is 17.7. The molecule has 2 N–H and O–H groups in total. The van der Waals surface area contributed by atoms with E-state index in [1.54, 1.807) is 25.3 Å². The van der Waals surface area contributed by atoms with Crippen molar-refractivity contribution in [2.24, 2.45) is 11.8 Å². The lowest BCUT2D eigenvalue weighted by molar-refractivity contribution is -0.134. The van der Waals surface area contributed by atoms with Crippen LogP contribution in [0.1, 0.15) is 36.0 Å². The first-order chi connectivity index (χ1) is 15.1. The summed E-state index contributed by atoms with van der Waals surface area (Å²) in [6.45, 7) is 2.11. The van der Waals surface area contributed by atoms with Crippen molar-refractivity contribution in [3.8, 4) is 11.5 Å². The maximum absolute atomic E-state index is 12.9. The fourth-order valence-electron chi connectivity index (χ4n) is 4.09. The summed E-state index contributed by atoms with van der Waals surface area (Å²) in [5, 5.41) is 5.75. The summed E-state index contributed by atoms with van der Waals surface area (Å²) in [7, 11) is 1.57. The van der Waals surface area contributed by atoms with Crippen LogP contribution in [0.2, 0.25) is 0 Å². The smallest absolute Gasteiger partial charge is 0.252 e. The minimum atomic E-state index is -0.687. The van der Waals surface area contributed by atoms with Gasteiger partial charge in [0.05, 0.1) is 6.61 Å². The molecular weight excluding hydrogens is 402 g/mol. The van der Waals surface area contributed by atoms with Gasteiger partial charge < -0.3 is 29.7 Å². The Kier molecular flexibility index (Phi) is 6.60. The molecule has 4 rings (SSSR count). The number of likely N-dealkylation sites (tertiary alicyclic amines) is 1. The Morgan fingerprint density at radius 1 is 1.13 bits per heavy atom. The molecule has 2 heterocycles. The second-order valence-corrected chi connectivity index (χ2v) is 8.24. The van der Waals surface area contributed by atoms with Crippen LogP contribution in [0.4, 0.5) is 0 Å². The largest absolute Gasteiger partial charge is 0.454 e. The van der Waals surface area contributed by atoms with Crippen molar-refractivity contribution in [1.82, 2.24) is 15.5 Å². The van der Waals surface area contributed by atoms with Crippen molar-refractivity contribution in [2.45, 2.75) is 31.7 Å². The van der Waals surface area contributed by atoms with Crippen LogP contribution in [0.25, 0.3) is 0 Å². The van der Waals surface area contributed by atoms with Crippen molar-refractivity contribution in [3.63, 3.8) is 0 Å². The number of benzene rings is 1. The Labute approximate surface area is 181 Å². The van der Waals surface area contributed by atoms with Gasteiger partial charge in [0.2, 0.25) is 18.6 Å². The van der Waals surface area contributed by atoms with Crippen LogP contribution < -0.4 is 20.1 Å². The van der Waals surface area contributed by atoms with Crippen LogP contribution in [-0.2, 0) is 14.3 Å². The Morgan fingerprint density at radius 3 is 2.58 bits per heavy atom. The van der Waals surface area contributed by atoms with E-state index in [0.29, 0.717) is 56.1 Å². The summed E-state index contributed by atoms with van der Waals surface area (Å²) >= 11 is 0. The van der Waals surface area contributed by atoms with Crippen molar-refractivity contribution >= 4 is 17.7 Å². The van der Waals surface area contributed by atoms with Crippen LogP contribution in [0, 0.1) is 11.8 Å². The van der Waals surface area contributed by atoms with E-state index in [4.69, 9.17) is 14.2 Å². The highest BCUT2D eigenvalue weighted by Gasteiger charge is 2.38. The zero-order chi connectivity index (χ0) is 21.8. The molecule has 2 fully saturated rings. The topological polar surface area (TPSA) is 106 Å². The molecule has 3 amide bonds. The zero-order valence-corrected chi connectivity index (χ0v) is 17.7. The van der Waals surface area contributed by atoms with Crippen LogP contribution in [0.3, 0.4) is 0 Å². The van der Waals surface area contributed by atoms with Crippen molar-refractivity contribution in [3.05, 3.63) is 23.8 Å². The highest BCUT2D eigenvalue weighted by Crippen LogP contribution is 2.34. The minimum absolute atomic E-state index is 0.0521. The van der Waals surface area contributed by atoms with Gasteiger partial charge in [0.15, 0.2) is 11.5 Å². The second kappa shape index (κ2) is 9.55. The number of rotatable bonds is 8. The summed E-state index contributed by atoms with van der Waals surface area (Å²) in [6, 6.07) is 4.27. The van der Waals surface area contributed by atoms with E-state index < -0.39 is 6.04 Å². The SMILES string of the molecule is COCCNC(=O)[C@H](NC(=O)c1ccc2c(c1)OCO2)C1CCN(C(=O)C2CC2)CC1. The van der Waals surface area contributed by atoms with Gasteiger partial charge >= 0.3 is 0 Å². The number of nitrogens with zero attached hydrogens (tertiary/aromatic N) is 1. The van der Waals surface area contributed by atoms with Gasteiger partial charge in [-0.3, -0.25) is 14.4 Å². The van der Waals surface area contributed by atoms with E-state index in [-0.39, 0.29) is 36.4 Å². The molecule has 9 nitrogen and oxygen atoms in total. The number of piperidine rings is 1. The number of hydrogen-bond acceptors (Lipinski definition) is 6. The third-order valence-corrected chi connectivity index (χ3v) is 6.06. The van der Waals surface area contributed by atoms with E-state index in [1.807, 2.05) is 4.90 Å². The van der Waals surface area contributed by atoms with Gasteiger partial charge in [-0.05, 0) is 49.8 Å². The highest BCUT2D eigenvalue weighted by atomic mass is 16.7. The molecule has 1 aliphatic carbocycles. The molecule has 0 aromatic heterocycles. The lowest BCUT2D eigenvalue weighted by Crippen LogP contribution is -2.54. The van der Waals surface area contributed by atoms with E-state index in [2.05, 4.69) is 10.6 Å². The average molecular weight is 431 g/mol. The second-order valence-electron chi connectivity index (χ2n) is 8.24. The van der Waals surface area contributed by atoms with Gasteiger partial charge in [0.25, 0.3) is 5.91 Å². The van der Waals surface area contributed by atoms with Crippen molar-refractivity contribution < 1.29 is 28.6 Å². The molecule has 0 bridgehead atoms. The Bertz CT molecular complexity index is 833. The van der Waals surface area contributed by atoms with E-state index in [9.17, 15) is 14.4 Å².